The fourth-order valence-electron chi connectivity index (χ4n) is 1.15. The third-order valence-corrected chi connectivity index (χ3v) is 1.95. The van der Waals surface area contributed by atoms with E-state index in [0.717, 1.165) is 12.0 Å². The van der Waals surface area contributed by atoms with Crippen LogP contribution in [-0.4, -0.2) is 36.0 Å². The lowest BCUT2D eigenvalue weighted by Crippen LogP contribution is -2.19. The minimum atomic E-state index is -0.0752. The monoisotopic (exact) mass is 224 g/mol. The number of phenols is 1. The Bertz CT molecular complexity index is 336. The van der Waals surface area contributed by atoms with Crippen LogP contribution < -0.4 is 5.73 Å². The van der Waals surface area contributed by atoms with Crippen LogP contribution in [0.4, 0.5) is 0 Å². The van der Waals surface area contributed by atoms with E-state index in [1.54, 1.807) is 12.1 Å². The zero-order valence-electron chi connectivity index (χ0n) is 8.97. The van der Waals surface area contributed by atoms with Gasteiger partial charge in [0.2, 0.25) is 0 Å². The van der Waals surface area contributed by atoms with Crippen molar-refractivity contribution in [3.05, 3.63) is 29.8 Å². The number of rotatable bonds is 5. The highest BCUT2D eigenvalue weighted by atomic mass is 16.5. The molecule has 4 N–H and O–H groups in total. The normalized spacial score (nSPS) is 11.4. The summed E-state index contributed by atoms with van der Waals surface area (Å²) >= 11 is 0. The van der Waals surface area contributed by atoms with Crippen molar-refractivity contribution in [1.82, 2.24) is 0 Å². The molecule has 0 amide bonds. The largest absolute Gasteiger partial charge is 0.508 e. The molecule has 0 fully saturated rings. The zero-order valence-corrected chi connectivity index (χ0v) is 8.97. The number of aliphatic hydroxyl groups excluding tert-OH is 1. The van der Waals surface area contributed by atoms with E-state index < -0.39 is 0 Å². The number of benzene rings is 1. The van der Waals surface area contributed by atoms with Gasteiger partial charge in [-0.25, -0.2) is 4.99 Å². The van der Waals surface area contributed by atoms with Crippen LogP contribution >= 0.6 is 0 Å². The van der Waals surface area contributed by atoms with Gasteiger partial charge in [0.1, 0.15) is 12.4 Å². The molecule has 0 atom stereocenters. The molecule has 1 rings (SSSR count). The van der Waals surface area contributed by atoms with Crippen LogP contribution in [0, 0.1) is 0 Å². The molecule has 0 heterocycles. The molecule has 0 saturated heterocycles. The number of amidine groups is 1. The zero-order chi connectivity index (χ0) is 11.8. The predicted molar refractivity (Wildman–Crippen MR) is 61.3 cm³/mol. The van der Waals surface area contributed by atoms with Crippen molar-refractivity contribution in [2.24, 2.45) is 10.7 Å². The van der Waals surface area contributed by atoms with Gasteiger partial charge < -0.3 is 20.7 Å². The summed E-state index contributed by atoms with van der Waals surface area (Å²) < 4.78 is 4.89. The smallest absolute Gasteiger partial charge is 0.281 e. The maximum absolute atomic E-state index is 9.08. The van der Waals surface area contributed by atoms with E-state index >= 15 is 0 Å². The third kappa shape index (κ3) is 4.65. The number of hydrogen-bond donors (Lipinski definition) is 3. The van der Waals surface area contributed by atoms with Gasteiger partial charge in [0.25, 0.3) is 6.02 Å². The van der Waals surface area contributed by atoms with Crippen LogP contribution in [-0.2, 0) is 11.2 Å². The maximum Gasteiger partial charge on any atom is 0.281 e. The van der Waals surface area contributed by atoms with Crippen LogP contribution in [0.2, 0.25) is 0 Å². The van der Waals surface area contributed by atoms with E-state index in [2.05, 4.69) is 4.99 Å². The molecule has 1 aromatic carbocycles. The van der Waals surface area contributed by atoms with Crippen molar-refractivity contribution in [3.8, 4) is 5.75 Å². The van der Waals surface area contributed by atoms with Gasteiger partial charge in [-0.2, -0.15) is 0 Å². The molecule has 88 valence electrons. The van der Waals surface area contributed by atoms with Crippen LogP contribution in [0.1, 0.15) is 5.56 Å². The summed E-state index contributed by atoms with van der Waals surface area (Å²) in [5, 5.41) is 17.6. The summed E-state index contributed by atoms with van der Waals surface area (Å²) in [7, 11) is 0. The molecule has 5 heteroatoms. The van der Waals surface area contributed by atoms with Crippen LogP contribution in [0.15, 0.2) is 29.3 Å². The topological polar surface area (TPSA) is 88.1 Å². The molecular weight excluding hydrogens is 208 g/mol. The number of aromatic hydroxyl groups is 1. The van der Waals surface area contributed by atoms with E-state index in [-0.39, 0.29) is 25.0 Å². The Morgan fingerprint density at radius 2 is 2.00 bits per heavy atom. The number of aliphatic imine (C=N–C) groups is 1. The van der Waals surface area contributed by atoms with Gasteiger partial charge >= 0.3 is 0 Å². The first-order valence-electron chi connectivity index (χ1n) is 5.04. The number of phenolic OH excluding ortho intramolecular Hbond substituents is 1. The summed E-state index contributed by atoms with van der Waals surface area (Å²) in [6.07, 6.45) is 0.726. The summed E-state index contributed by atoms with van der Waals surface area (Å²) in [4.78, 5) is 3.98. The average Bonchev–Trinajstić information content (AvgIpc) is 2.29. The van der Waals surface area contributed by atoms with Gasteiger partial charge in [0, 0.05) is 6.54 Å². The van der Waals surface area contributed by atoms with Gasteiger partial charge in [-0.05, 0) is 24.1 Å². The summed E-state index contributed by atoms with van der Waals surface area (Å²) in [5.74, 6) is 0.248. The Morgan fingerprint density at radius 3 is 2.62 bits per heavy atom. The van der Waals surface area contributed by atoms with E-state index in [9.17, 15) is 0 Å². The molecule has 0 aliphatic rings. The molecule has 0 aliphatic heterocycles. The first-order chi connectivity index (χ1) is 7.72. The average molecular weight is 224 g/mol. The molecular formula is C11H16N2O3. The lowest BCUT2D eigenvalue weighted by Gasteiger charge is -2.02. The van der Waals surface area contributed by atoms with Crippen molar-refractivity contribution in [2.75, 3.05) is 19.8 Å². The molecule has 5 nitrogen and oxygen atoms in total. The Morgan fingerprint density at radius 1 is 1.31 bits per heavy atom. The highest BCUT2D eigenvalue weighted by Crippen LogP contribution is 2.09. The van der Waals surface area contributed by atoms with E-state index in [0.29, 0.717) is 6.54 Å². The van der Waals surface area contributed by atoms with E-state index in [4.69, 9.17) is 20.7 Å². The van der Waals surface area contributed by atoms with Crippen molar-refractivity contribution < 1.29 is 14.9 Å². The van der Waals surface area contributed by atoms with Crippen molar-refractivity contribution >= 4 is 6.02 Å². The molecule has 0 saturated carbocycles. The van der Waals surface area contributed by atoms with E-state index in [1.807, 2.05) is 12.1 Å². The number of nitrogens with zero attached hydrogens (tertiary/aromatic N) is 1. The molecule has 0 unspecified atom stereocenters. The molecule has 0 aromatic heterocycles. The SMILES string of the molecule is NC(=NCCc1ccc(O)cc1)OCCO. The Hall–Kier alpha value is -1.75. The fourth-order valence-corrected chi connectivity index (χ4v) is 1.15. The van der Waals surface area contributed by atoms with Crippen LogP contribution in [0.3, 0.4) is 0 Å². The Balaban J connectivity index is 2.31. The summed E-state index contributed by atoms with van der Waals surface area (Å²) in [6, 6.07) is 7.01. The predicted octanol–water partition coefficient (Wildman–Crippen LogP) is 0.258. The number of hydrogen-bond acceptors (Lipinski definition) is 4. The van der Waals surface area contributed by atoms with Gasteiger partial charge in [-0.15, -0.1) is 0 Å². The minimum Gasteiger partial charge on any atom is -0.508 e. The maximum atomic E-state index is 9.08. The number of nitrogens with two attached hydrogens (primary N) is 1. The van der Waals surface area contributed by atoms with Crippen molar-refractivity contribution in [1.29, 1.82) is 0 Å². The first-order valence-corrected chi connectivity index (χ1v) is 5.04. The third-order valence-electron chi connectivity index (χ3n) is 1.95. The quantitative estimate of drug-likeness (QED) is 0.494. The van der Waals surface area contributed by atoms with Crippen molar-refractivity contribution in [2.45, 2.75) is 6.42 Å². The molecule has 0 bridgehead atoms. The van der Waals surface area contributed by atoms with Crippen LogP contribution in [0.5, 0.6) is 5.75 Å². The van der Waals surface area contributed by atoms with Gasteiger partial charge in [0.15, 0.2) is 0 Å². The standard InChI is InChI=1S/C11H16N2O3/c12-11(16-8-7-14)13-6-5-9-1-3-10(15)4-2-9/h1-4,14-15H,5-8H2,(H2,12,13). The van der Waals surface area contributed by atoms with Gasteiger partial charge in [-0.3, -0.25) is 0 Å². The second-order valence-electron chi connectivity index (χ2n) is 3.21. The molecule has 16 heavy (non-hydrogen) atoms. The Labute approximate surface area is 94.2 Å². The van der Waals surface area contributed by atoms with Crippen LogP contribution in [0.25, 0.3) is 0 Å². The Kier molecular flexibility index (Phi) is 5.15. The fraction of sp³-hybridized carbons (Fsp3) is 0.364. The van der Waals surface area contributed by atoms with Gasteiger partial charge in [0.05, 0.1) is 6.61 Å². The minimum absolute atomic E-state index is 0.0752. The second kappa shape index (κ2) is 6.68. The molecule has 0 aliphatic carbocycles. The summed E-state index contributed by atoms with van der Waals surface area (Å²) in [5.41, 5.74) is 6.49. The van der Waals surface area contributed by atoms with Gasteiger partial charge in [-0.1, -0.05) is 12.1 Å². The van der Waals surface area contributed by atoms with E-state index in [1.165, 1.54) is 0 Å². The summed E-state index contributed by atoms with van der Waals surface area (Å²) in [6.45, 7) is 0.602. The number of ether oxygens (including phenoxy) is 1. The molecule has 0 spiro atoms. The lowest BCUT2D eigenvalue weighted by molar-refractivity contribution is 0.191. The second-order valence-corrected chi connectivity index (χ2v) is 3.21. The molecule has 0 radical (unpaired) electrons. The first kappa shape index (κ1) is 12.3. The highest BCUT2D eigenvalue weighted by molar-refractivity contribution is 5.71. The highest BCUT2D eigenvalue weighted by Gasteiger charge is 1.94. The lowest BCUT2D eigenvalue weighted by atomic mass is 10.1. The van der Waals surface area contributed by atoms with Crippen molar-refractivity contribution in [3.63, 3.8) is 0 Å². The molecule has 1 aromatic rings. The number of aliphatic hydroxyl groups is 1.